The van der Waals surface area contributed by atoms with Crippen molar-refractivity contribution in [3.8, 4) is 11.1 Å². The lowest BCUT2D eigenvalue weighted by Gasteiger charge is -2.18. The first-order valence-corrected chi connectivity index (χ1v) is 12.6. The average Bonchev–Trinajstić information content (AvgIpc) is 2.83. The van der Waals surface area contributed by atoms with Crippen molar-refractivity contribution in [2.45, 2.75) is 23.8 Å². The zero-order chi connectivity index (χ0) is 24.7. The summed E-state index contributed by atoms with van der Waals surface area (Å²) in [5.41, 5.74) is 2.25. The molecule has 3 rings (SSSR count). The first kappa shape index (κ1) is 26.2. The number of carbonyl (C=O) groups excluding carboxylic acids is 1. The van der Waals surface area contributed by atoms with Gasteiger partial charge in [-0.05, 0) is 54.4 Å². The number of carbonyl (C=O) groups is 1. The highest BCUT2D eigenvalue weighted by Crippen LogP contribution is 2.33. The van der Waals surface area contributed by atoms with Crippen LogP contribution in [0.5, 0.6) is 0 Å². The van der Waals surface area contributed by atoms with Crippen molar-refractivity contribution < 1.29 is 22.1 Å². The number of nitrogens with one attached hydrogen (secondary N) is 1. The Morgan fingerprint density at radius 2 is 1.53 bits per heavy atom. The highest BCUT2D eigenvalue weighted by molar-refractivity contribution is 7.87. The Labute approximate surface area is 213 Å². The molecule has 178 valence electrons. The van der Waals surface area contributed by atoms with E-state index < -0.39 is 22.2 Å². The second-order valence-corrected chi connectivity index (χ2v) is 9.95. The molecular formula is C24H20Cl3NO5S. The molecule has 1 atom stereocenters. The molecular weight excluding hydrogens is 521 g/mol. The Bertz CT molecular complexity index is 1270. The first-order valence-electron chi connectivity index (χ1n) is 10.1. The molecule has 0 fully saturated rings. The molecule has 0 unspecified atom stereocenters. The summed E-state index contributed by atoms with van der Waals surface area (Å²) in [5.74, 6) is -0.631. The van der Waals surface area contributed by atoms with Crippen molar-refractivity contribution in [2.75, 3.05) is 6.61 Å². The first-order chi connectivity index (χ1) is 16.2. The molecule has 0 saturated heterocycles. The Kier molecular flexibility index (Phi) is 9.10. The van der Waals surface area contributed by atoms with E-state index in [0.29, 0.717) is 5.56 Å². The van der Waals surface area contributed by atoms with Gasteiger partial charge < -0.3 is 10.1 Å². The van der Waals surface area contributed by atoms with Crippen LogP contribution in [0.25, 0.3) is 11.1 Å². The van der Waals surface area contributed by atoms with Crippen LogP contribution in [-0.2, 0) is 19.0 Å². The Morgan fingerprint density at radius 1 is 0.912 bits per heavy atom. The van der Waals surface area contributed by atoms with Gasteiger partial charge in [0.25, 0.3) is 10.1 Å². The maximum Gasteiger partial charge on any atom is 0.338 e. The van der Waals surface area contributed by atoms with Gasteiger partial charge in [-0.15, -0.1) is 0 Å². The van der Waals surface area contributed by atoms with Gasteiger partial charge in [-0.3, -0.25) is 4.18 Å². The van der Waals surface area contributed by atoms with Gasteiger partial charge in [0, 0.05) is 0 Å². The fourth-order valence-corrected chi connectivity index (χ4v) is 5.11. The molecule has 3 aromatic rings. The van der Waals surface area contributed by atoms with Crippen molar-refractivity contribution in [1.82, 2.24) is 0 Å². The van der Waals surface area contributed by atoms with Crippen molar-refractivity contribution >= 4 is 57.1 Å². The third-order valence-corrected chi connectivity index (χ3v) is 7.32. The van der Waals surface area contributed by atoms with Gasteiger partial charge in [-0.25, -0.2) is 4.79 Å². The lowest BCUT2D eigenvalue weighted by atomic mass is 10.0. The quantitative estimate of drug-likeness (QED) is 0.134. The van der Waals surface area contributed by atoms with Crippen LogP contribution in [0.1, 0.15) is 23.2 Å². The predicted molar refractivity (Wildman–Crippen MR) is 134 cm³/mol. The fraction of sp³-hybridized carbons (Fsp3) is 0.167. The van der Waals surface area contributed by atoms with Crippen molar-refractivity contribution in [3.63, 3.8) is 0 Å². The summed E-state index contributed by atoms with van der Waals surface area (Å²) in [7, 11) is -4.35. The van der Waals surface area contributed by atoms with E-state index in [-0.39, 0.29) is 39.4 Å². The highest BCUT2D eigenvalue weighted by atomic mass is 35.5. The van der Waals surface area contributed by atoms with E-state index in [1.54, 1.807) is 24.3 Å². The maximum absolute atomic E-state index is 12.8. The summed E-state index contributed by atoms with van der Waals surface area (Å²) >= 11 is 17.8. The molecule has 0 radical (unpaired) electrons. The standard InChI is InChI=1S/C24H20Cl3NO5S/c25-20-13-22(27)23(14-21(20)26)34(30,31)33-19(7-4-12-28)15-32-24(29)18-10-8-17(9-11-18)16-5-2-1-3-6-16/h1-3,5-6,8-14,19,28H,4,7,15H2/t19-/m1/s1. The number of halogens is 3. The van der Waals surface area contributed by atoms with Crippen LogP contribution in [0.2, 0.25) is 15.1 Å². The fourth-order valence-electron chi connectivity index (χ4n) is 3.04. The number of rotatable bonds is 10. The second kappa shape index (κ2) is 11.8. The van der Waals surface area contributed by atoms with E-state index in [1.165, 1.54) is 6.07 Å². The van der Waals surface area contributed by atoms with Gasteiger partial charge in [0.05, 0.1) is 20.6 Å². The number of hydrogen-bond donors (Lipinski definition) is 1. The van der Waals surface area contributed by atoms with E-state index in [1.807, 2.05) is 30.3 Å². The third-order valence-electron chi connectivity index (χ3n) is 4.77. The minimum Gasteiger partial charge on any atom is -0.459 e. The van der Waals surface area contributed by atoms with Crippen LogP contribution in [0, 0.1) is 5.41 Å². The van der Waals surface area contributed by atoms with Gasteiger partial charge in [0.2, 0.25) is 0 Å². The number of ether oxygens (including phenoxy) is 1. The smallest absolute Gasteiger partial charge is 0.338 e. The van der Waals surface area contributed by atoms with Crippen molar-refractivity contribution in [1.29, 1.82) is 5.41 Å². The minimum absolute atomic E-state index is 0.00494. The summed E-state index contributed by atoms with van der Waals surface area (Å²) in [4.78, 5) is 12.2. The molecule has 0 spiro atoms. The van der Waals surface area contributed by atoms with Crippen LogP contribution in [0.15, 0.2) is 71.6 Å². The van der Waals surface area contributed by atoms with Crippen LogP contribution in [-0.4, -0.2) is 33.3 Å². The molecule has 0 bridgehead atoms. The molecule has 0 amide bonds. The highest BCUT2D eigenvalue weighted by Gasteiger charge is 2.26. The van der Waals surface area contributed by atoms with E-state index in [9.17, 15) is 13.2 Å². The molecule has 1 N–H and O–H groups in total. The van der Waals surface area contributed by atoms with Crippen molar-refractivity contribution in [3.05, 3.63) is 87.4 Å². The van der Waals surface area contributed by atoms with Crippen molar-refractivity contribution in [2.24, 2.45) is 0 Å². The second-order valence-electron chi connectivity index (χ2n) is 7.19. The molecule has 0 saturated carbocycles. The molecule has 0 aromatic heterocycles. The van der Waals surface area contributed by atoms with Crippen LogP contribution in [0.3, 0.4) is 0 Å². The average molecular weight is 541 g/mol. The molecule has 34 heavy (non-hydrogen) atoms. The molecule has 0 heterocycles. The molecule has 0 aliphatic carbocycles. The van der Waals surface area contributed by atoms with Crippen LogP contribution >= 0.6 is 34.8 Å². The number of esters is 1. The van der Waals surface area contributed by atoms with Gasteiger partial charge in [0.1, 0.15) is 17.6 Å². The van der Waals surface area contributed by atoms with E-state index in [0.717, 1.165) is 23.4 Å². The predicted octanol–water partition coefficient (Wildman–Crippen LogP) is 6.67. The van der Waals surface area contributed by atoms with Crippen LogP contribution < -0.4 is 0 Å². The summed E-state index contributed by atoms with van der Waals surface area (Å²) in [6.45, 7) is -0.342. The van der Waals surface area contributed by atoms with E-state index in [4.69, 9.17) is 49.1 Å². The number of hydrogen-bond acceptors (Lipinski definition) is 6. The Morgan fingerprint density at radius 3 is 2.18 bits per heavy atom. The van der Waals surface area contributed by atoms with Gasteiger partial charge >= 0.3 is 5.97 Å². The van der Waals surface area contributed by atoms with E-state index in [2.05, 4.69) is 0 Å². The zero-order valence-electron chi connectivity index (χ0n) is 17.7. The Balaban J connectivity index is 1.70. The van der Waals surface area contributed by atoms with Gasteiger partial charge in [-0.1, -0.05) is 77.3 Å². The lowest BCUT2D eigenvalue weighted by molar-refractivity contribution is 0.0311. The largest absolute Gasteiger partial charge is 0.459 e. The summed E-state index contributed by atoms with van der Waals surface area (Å²) in [6.07, 6.45) is 0.421. The summed E-state index contributed by atoms with van der Waals surface area (Å²) in [6, 6.07) is 18.8. The zero-order valence-corrected chi connectivity index (χ0v) is 20.8. The molecule has 3 aromatic carbocycles. The van der Waals surface area contributed by atoms with Gasteiger partial charge in [0.15, 0.2) is 0 Å². The minimum atomic E-state index is -4.35. The lowest BCUT2D eigenvalue weighted by Crippen LogP contribution is -2.26. The van der Waals surface area contributed by atoms with Crippen LogP contribution in [0.4, 0.5) is 0 Å². The molecule has 10 heteroatoms. The molecule has 0 aliphatic rings. The van der Waals surface area contributed by atoms with Gasteiger partial charge in [-0.2, -0.15) is 8.42 Å². The Hall–Kier alpha value is -2.42. The monoisotopic (exact) mass is 539 g/mol. The maximum atomic E-state index is 12.8. The number of benzene rings is 3. The third kappa shape index (κ3) is 6.81. The summed E-state index contributed by atoms with van der Waals surface area (Å²) in [5, 5.41) is 7.16. The molecule has 6 nitrogen and oxygen atoms in total. The summed E-state index contributed by atoms with van der Waals surface area (Å²) < 4.78 is 36.1. The van der Waals surface area contributed by atoms with E-state index >= 15 is 0 Å². The molecule has 0 aliphatic heterocycles. The SMILES string of the molecule is N=CCC[C@H](COC(=O)c1ccc(-c2ccccc2)cc1)OS(=O)(=O)c1cc(Cl)c(Cl)cc1Cl. The normalized spacial score (nSPS) is 12.2. The topological polar surface area (TPSA) is 93.5 Å².